The molecule has 3 amide bonds. The molecule has 2 N–H and O–H groups in total. The zero-order valence-electron chi connectivity index (χ0n) is 18.7. The molecule has 5 rings (SSSR count). The fourth-order valence-electron chi connectivity index (χ4n) is 4.65. The summed E-state index contributed by atoms with van der Waals surface area (Å²) >= 11 is 0.971. The van der Waals surface area contributed by atoms with Crippen LogP contribution < -0.4 is 20.1 Å². The highest BCUT2D eigenvalue weighted by molar-refractivity contribution is 7.15. The van der Waals surface area contributed by atoms with E-state index in [2.05, 4.69) is 20.8 Å². The number of benzene rings is 1. The summed E-state index contributed by atoms with van der Waals surface area (Å²) in [7, 11) is 0. The van der Waals surface area contributed by atoms with E-state index in [0.29, 0.717) is 42.7 Å². The molecule has 1 aliphatic carbocycles. The highest BCUT2D eigenvalue weighted by atomic mass is 32.1. The van der Waals surface area contributed by atoms with Crippen LogP contribution >= 0.6 is 11.3 Å². The van der Waals surface area contributed by atoms with Crippen LogP contribution in [0, 0.1) is 5.92 Å². The molecule has 11 heteroatoms. The maximum absolute atomic E-state index is 12.9. The van der Waals surface area contributed by atoms with Gasteiger partial charge in [0.1, 0.15) is 0 Å². The predicted molar refractivity (Wildman–Crippen MR) is 124 cm³/mol. The van der Waals surface area contributed by atoms with Gasteiger partial charge in [0.05, 0.1) is 0 Å². The smallest absolute Gasteiger partial charge is 0.286 e. The van der Waals surface area contributed by atoms with E-state index in [1.807, 2.05) is 0 Å². The molecule has 0 unspecified atom stereocenters. The Kier molecular flexibility index (Phi) is 6.61. The SMILES string of the molecule is O=C(CC1CCN(C(=O)c2nnc(C(=O)Nc3ccc4c(c3)OCO4)s2)CC1)NC1CCCC1. The Morgan fingerprint density at radius 3 is 2.53 bits per heavy atom. The Hall–Kier alpha value is -3.21. The number of hydrogen-bond donors (Lipinski definition) is 2. The first-order valence-corrected chi connectivity index (χ1v) is 12.5. The molecule has 1 aromatic carbocycles. The van der Waals surface area contributed by atoms with Crippen LogP contribution in [0.25, 0.3) is 0 Å². The molecule has 3 heterocycles. The molecule has 1 saturated carbocycles. The number of fused-ring (bicyclic) bond motifs is 1. The Balaban J connectivity index is 1.11. The van der Waals surface area contributed by atoms with E-state index in [0.717, 1.165) is 37.0 Å². The first-order valence-electron chi connectivity index (χ1n) is 11.7. The molecule has 34 heavy (non-hydrogen) atoms. The first kappa shape index (κ1) is 22.6. The highest BCUT2D eigenvalue weighted by Gasteiger charge is 2.28. The predicted octanol–water partition coefficient (Wildman–Crippen LogP) is 2.82. The molecule has 2 aromatic rings. The molecular weight excluding hydrogens is 458 g/mol. The molecule has 1 aromatic heterocycles. The van der Waals surface area contributed by atoms with E-state index >= 15 is 0 Å². The summed E-state index contributed by atoms with van der Waals surface area (Å²) in [6, 6.07) is 5.43. The Labute approximate surface area is 201 Å². The van der Waals surface area contributed by atoms with Crippen LogP contribution in [-0.2, 0) is 4.79 Å². The van der Waals surface area contributed by atoms with Gasteiger partial charge in [0, 0.05) is 37.3 Å². The summed E-state index contributed by atoms with van der Waals surface area (Å²) in [4.78, 5) is 39.5. The van der Waals surface area contributed by atoms with Crippen molar-refractivity contribution >= 4 is 34.7 Å². The Morgan fingerprint density at radius 2 is 1.74 bits per heavy atom. The summed E-state index contributed by atoms with van der Waals surface area (Å²) in [6.07, 6.45) is 6.62. The van der Waals surface area contributed by atoms with Gasteiger partial charge in [-0.25, -0.2) is 0 Å². The van der Waals surface area contributed by atoms with E-state index in [1.165, 1.54) is 12.8 Å². The standard InChI is InChI=1S/C23H27N5O5S/c29-19(24-15-3-1-2-4-15)11-14-7-9-28(10-8-14)23(31)22-27-26-21(34-22)20(30)25-16-5-6-17-18(12-16)33-13-32-17/h5-6,12,14-15H,1-4,7-11,13H2,(H,24,29)(H,25,30). The number of aromatic nitrogens is 2. The molecule has 10 nitrogen and oxygen atoms in total. The lowest BCUT2D eigenvalue weighted by Crippen LogP contribution is -2.40. The van der Waals surface area contributed by atoms with Gasteiger partial charge in [-0.2, -0.15) is 0 Å². The van der Waals surface area contributed by atoms with Gasteiger partial charge >= 0.3 is 0 Å². The Bertz CT molecular complexity index is 1080. The van der Waals surface area contributed by atoms with E-state index in [9.17, 15) is 14.4 Å². The molecule has 0 atom stereocenters. The molecule has 3 aliphatic rings. The van der Waals surface area contributed by atoms with Crippen molar-refractivity contribution in [2.24, 2.45) is 5.92 Å². The second-order valence-corrected chi connectivity index (χ2v) is 9.90. The van der Waals surface area contributed by atoms with Crippen molar-refractivity contribution < 1.29 is 23.9 Å². The van der Waals surface area contributed by atoms with Gasteiger partial charge in [0.2, 0.25) is 22.7 Å². The minimum atomic E-state index is -0.442. The number of nitrogens with one attached hydrogen (secondary N) is 2. The first-order chi connectivity index (χ1) is 16.5. The van der Waals surface area contributed by atoms with Crippen LogP contribution in [-0.4, -0.2) is 58.7 Å². The second kappa shape index (κ2) is 9.96. The van der Waals surface area contributed by atoms with E-state index < -0.39 is 5.91 Å². The summed E-state index contributed by atoms with van der Waals surface area (Å²) < 4.78 is 10.6. The zero-order valence-corrected chi connectivity index (χ0v) is 19.6. The number of hydrogen-bond acceptors (Lipinski definition) is 8. The van der Waals surface area contributed by atoms with Crippen LogP contribution in [0.1, 0.15) is 64.6 Å². The zero-order chi connectivity index (χ0) is 23.5. The van der Waals surface area contributed by atoms with Crippen molar-refractivity contribution in [3.63, 3.8) is 0 Å². The fraction of sp³-hybridized carbons (Fsp3) is 0.522. The lowest BCUT2D eigenvalue weighted by molar-refractivity contribution is -0.123. The maximum atomic E-state index is 12.9. The lowest BCUT2D eigenvalue weighted by atomic mass is 9.93. The average molecular weight is 486 g/mol. The quantitative estimate of drug-likeness (QED) is 0.645. The summed E-state index contributed by atoms with van der Waals surface area (Å²) in [6.45, 7) is 1.29. The van der Waals surface area contributed by atoms with Crippen LogP contribution in [0.15, 0.2) is 18.2 Å². The van der Waals surface area contributed by atoms with Crippen LogP contribution in [0.3, 0.4) is 0 Å². The molecule has 0 spiro atoms. The molecule has 0 bridgehead atoms. The van der Waals surface area contributed by atoms with Gasteiger partial charge in [-0.15, -0.1) is 10.2 Å². The van der Waals surface area contributed by atoms with Crippen molar-refractivity contribution in [3.8, 4) is 11.5 Å². The number of likely N-dealkylation sites (tertiary alicyclic amines) is 1. The van der Waals surface area contributed by atoms with Crippen molar-refractivity contribution in [2.75, 3.05) is 25.2 Å². The lowest BCUT2D eigenvalue weighted by Gasteiger charge is -2.31. The average Bonchev–Trinajstić information content (AvgIpc) is 3.60. The normalized spacial score (nSPS) is 18.2. The third kappa shape index (κ3) is 5.14. The number of amides is 3. The van der Waals surface area contributed by atoms with E-state index in [4.69, 9.17) is 9.47 Å². The number of nitrogens with zero attached hydrogens (tertiary/aromatic N) is 3. The fourth-order valence-corrected chi connectivity index (χ4v) is 5.36. The summed E-state index contributed by atoms with van der Waals surface area (Å²) in [5.41, 5.74) is 0.538. The molecule has 0 radical (unpaired) electrons. The maximum Gasteiger partial charge on any atom is 0.286 e. The van der Waals surface area contributed by atoms with Gasteiger partial charge in [0.25, 0.3) is 11.8 Å². The topological polar surface area (TPSA) is 123 Å². The third-order valence-electron chi connectivity index (χ3n) is 6.53. The third-order valence-corrected chi connectivity index (χ3v) is 7.44. The number of anilines is 1. The highest BCUT2D eigenvalue weighted by Crippen LogP contribution is 2.34. The summed E-state index contributed by atoms with van der Waals surface area (Å²) in [5, 5.41) is 14.0. The van der Waals surface area contributed by atoms with Gasteiger partial charge < -0.3 is 25.0 Å². The number of rotatable bonds is 6. The minimum Gasteiger partial charge on any atom is -0.454 e. The molecule has 1 saturated heterocycles. The molecular formula is C23H27N5O5S. The second-order valence-electron chi connectivity index (χ2n) is 8.92. The van der Waals surface area contributed by atoms with Crippen molar-refractivity contribution in [2.45, 2.75) is 51.0 Å². The number of piperidine rings is 1. The van der Waals surface area contributed by atoms with Gasteiger partial charge in [0.15, 0.2) is 11.5 Å². The monoisotopic (exact) mass is 485 g/mol. The van der Waals surface area contributed by atoms with Crippen molar-refractivity contribution in [3.05, 3.63) is 28.2 Å². The van der Waals surface area contributed by atoms with Gasteiger partial charge in [-0.3, -0.25) is 14.4 Å². The number of carbonyl (C=O) groups excluding carboxylic acids is 3. The Morgan fingerprint density at radius 1 is 1.00 bits per heavy atom. The van der Waals surface area contributed by atoms with E-state index in [1.54, 1.807) is 23.1 Å². The van der Waals surface area contributed by atoms with Gasteiger partial charge in [-0.05, 0) is 43.7 Å². The van der Waals surface area contributed by atoms with E-state index in [-0.39, 0.29) is 34.5 Å². The molecule has 2 aliphatic heterocycles. The molecule has 2 fully saturated rings. The number of ether oxygens (including phenoxy) is 2. The van der Waals surface area contributed by atoms with Gasteiger partial charge in [-0.1, -0.05) is 24.2 Å². The van der Waals surface area contributed by atoms with Crippen LogP contribution in [0.4, 0.5) is 5.69 Å². The number of carbonyl (C=O) groups is 3. The largest absolute Gasteiger partial charge is 0.454 e. The van der Waals surface area contributed by atoms with Crippen molar-refractivity contribution in [1.82, 2.24) is 20.4 Å². The van der Waals surface area contributed by atoms with Crippen LogP contribution in [0.5, 0.6) is 11.5 Å². The van der Waals surface area contributed by atoms with Crippen molar-refractivity contribution in [1.29, 1.82) is 0 Å². The summed E-state index contributed by atoms with van der Waals surface area (Å²) in [5.74, 6) is 0.920. The molecule has 180 valence electrons. The minimum absolute atomic E-state index is 0.111. The van der Waals surface area contributed by atoms with Crippen LogP contribution in [0.2, 0.25) is 0 Å².